The first-order valence-corrected chi connectivity index (χ1v) is 15.6. The number of nitrogens with one attached hydrogen (secondary N) is 2. The first kappa shape index (κ1) is 33.7. The van der Waals surface area contributed by atoms with Crippen LogP contribution in [0.4, 0.5) is 4.39 Å². The summed E-state index contributed by atoms with van der Waals surface area (Å²) in [4.78, 5) is 46.0. The summed E-state index contributed by atoms with van der Waals surface area (Å²) in [5, 5.41) is 5.60. The lowest BCUT2D eigenvalue weighted by Gasteiger charge is -2.35. The maximum atomic E-state index is 14.3. The molecule has 1 saturated carbocycles. The maximum absolute atomic E-state index is 14.3. The van der Waals surface area contributed by atoms with Crippen molar-refractivity contribution in [1.82, 2.24) is 20.5 Å². The van der Waals surface area contributed by atoms with Crippen molar-refractivity contribution >= 4 is 41.7 Å². The lowest BCUT2D eigenvalue weighted by atomic mass is 10.00. The van der Waals surface area contributed by atoms with Gasteiger partial charge in [-0.15, -0.1) is 11.3 Å². The second kappa shape index (κ2) is 14.4. The molecule has 3 unspecified atom stereocenters. The molecule has 2 heterocycles. The van der Waals surface area contributed by atoms with E-state index in [4.69, 9.17) is 0 Å². The van der Waals surface area contributed by atoms with Crippen molar-refractivity contribution in [3.05, 3.63) is 41.0 Å². The topological polar surface area (TPSA) is 91.4 Å². The summed E-state index contributed by atoms with van der Waals surface area (Å²) in [5.41, 5.74) is 2.93. The van der Waals surface area contributed by atoms with Gasteiger partial charge in [0, 0.05) is 11.3 Å². The number of benzene rings is 1. The Bertz CT molecular complexity index is 1140. The molecule has 1 aliphatic carbocycles. The van der Waals surface area contributed by atoms with E-state index in [0.29, 0.717) is 19.4 Å². The number of rotatable bonds is 8. The summed E-state index contributed by atoms with van der Waals surface area (Å²) in [6.07, 6.45) is 1.50. The van der Waals surface area contributed by atoms with Crippen molar-refractivity contribution < 1.29 is 18.8 Å². The van der Waals surface area contributed by atoms with Gasteiger partial charge in [-0.2, -0.15) is 12.6 Å². The van der Waals surface area contributed by atoms with Crippen molar-refractivity contribution in [1.29, 1.82) is 0 Å². The van der Waals surface area contributed by atoms with Gasteiger partial charge in [-0.1, -0.05) is 52.0 Å². The normalized spacial score (nSPS) is 18.8. The molecule has 2 aliphatic rings. The molecule has 40 heavy (non-hydrogen) atoms. The third-order valence-electron chi connectivity index (χ3n) is 6.94. The third-order valence-corrected chi connectivity index (χ3v) is 8.18. The first-order chi connectivity index (χ1) is 18.9. The van der Waals surface area contributed by atoms with Gasteiger partial charge in [0.15, 0.2) is 5.67 Å². The van der Waals surface area contributed by atoms with E-state index < -0.39 is 34.3 Å². The van der Waals surface area contributed by atoms with Crippen LogP contribution in [0.2, 0.25) is 0 Å². The van der Waals surface area contributed by atoms with Crippen LogP contribution in [0.25, 0.3) is 10.4 Å². The summed E-state index contributed by atoms with van der Waals surface area (Å²) in [6.45, 7) is 15.7. The number of thiol groups is 1. The second-order valence-electron chi connectivity index (χ2n) is 10.3. The average molecular weight is 593 g/mol. The summed E-state index contributed by atoms with van der Waals surface area (Å²) in [6, 6.07) is 6.04. The minimum Gasteiger partial charge on any atom is -0.348 e. The van der Waals surface area contributed by atoms with Gasteiger partial charge in [-0.25, -0.2) is 9.37 Å². The molecule has 1 aliphatic heterocycles. The Morgan fingerprint density at radius 1 is 1.12 bits per heavy atom. The van der Waals surface area contributed by atoms with E-state index in [1.807, 2.05) is 71.3 Å². The number of halogens is 1. The molecular weight excluding hydrogens is 547 g/mol. The lowest BCUT2D eigenvalue weighted by molar-refractivity contribution is -0.143. The van der Waals surface area contributed by atoms with Crippen LogP contribution < -0.4 is 10.6 Å². The van der Waals surface area contributed by atoms with Crippen molar-refractivity contribution in [2.45, 2.75) is 110 Å². The highest BCUT2D eigenvalue weighted by Crippen LogP contribution is 2.40. The molecule has 1 aromatic carbocycles. The lowest BCUT2D eigenvalue weighted by Crippen LogP contribution is -2.60. The number of likely N-dealkylation sites (tertiary alicyclic amines) is 1. The predicted octanol–water partition coefficient (Wildman–Crippen LogP) is 6.03. The Kier molecular flexibility index (Phi) is 12.2. The number of amides is 3. The molecule has 222 valence electrons. The van der Waals surface area contributed by atoms with Gasteiger partial charge < -0.3 is 15.5 Å². The minimum absolute atomic E-state index is 0.157. The Hall–Kier alpha value is -2.46. The Morgan fingerprint density at radius 2 is 1.73 bits per heavy atom. The van der Waals surface area contributed by atoms with E-state index in [9.17, 15) is 18.8 Å². The van der Waals surface area contributed by atoms with Crippen molar-refractivity contribution in [2.24, 2.45) is 0 Å². The molecule has 1 saturated heterocycles. The molecular formula is C30H45FN4O3S2. The van der Waals surface area contributed by atoms with Gasteiger partial charge in [0.1, 0.15) is 12.1 Å². The van der Waals surface area contributed by atoms with Crippen LogP contribution in [0.15, 0.2) is 29.8 Å². The number of aromatic nitrogens is 1. The first-order valence-electron chi connectivity index (χ1n) is 14.2. The van der Waals surface area contributed by atoms with E-state index in [-0.39, 0.29) is 24.8 Å². The zero-order valence-electron chi connectivity index (χ0n) is 25.0. The van der Waals surface area contributed by atoms with Crippen LogP contribution in [0.1, 0.15) is 91.4 Å². The van der Waals surface area contributed by atoms with Crippen molar-refractivity contribution in [3.63, 3.8) is 0 Å². The number of thiazole rings is 1. The number of hydrogen-bond acceptors (Lipinski definition) is 6. The fraction of sp³-hybridized carbons (Fsp3) is 0.600. The smallest absolute Gasteiger partial charge is 0.258 e. The van der Waals surface area contributed by atoms with Crippen LogP contribution >= 0.6 is 24.0 Å². The van der Waals surface area contributed by atoms with Gasteiger partial charge >= 0.3 is 0 Å². The van der Waals surface area contributed by atoms with Crippen LogP contribution in [0.3, 0.4) is 0 Å². The molecule has 3 amide bonds. The molecule has 2 fully saturated rings. The minimum atomic E-state index is -1.90. The number of aryl methyl sites for hydroxylation is 1. The van der Waals surface area contributed by atoms with Gasteiger partial charge in [0.2, 0.25) is 11.8 Å². The van der Waals surface area contributed by atoms with E-state index in [1.54, 1.807) is 25.2 Å². The molecule has 10 heteroatoms. The Balaban J connectivity index is 0.00000134. The number of alkyl halides is 1. The van der Waals surface area contributed by atoms with Gasteiger partial charge in [0.05, 0.1) is 22.1 Å². The highest BCUT2D eigenvalue weighted by Gasteiger charge is 2.53. The number of hydrogen-bond donors (Lipinski definition) is 3. The maximum Gasteiger partial charge on any atom is 0.258 e. The van der Waals surface area contributed by atoms with E-state index in [0.717, 1.165) is 21.7 Å². The number of nitrogens with zero attached hydrogens (tertiary/aromatic N) is 2. The van der Waals surface area contributed by atoms with Crippen LogP contribution in [-0.4, -0.2) is 56.6 Å². The summed E-state index contributed by atoms with van der Waals surface area (Å²) in [5.74, 6) is -1.45. The fourth-order valence-corrected chi connectivity index (χ4v) is 5.49. The third kappa shape index (κ3) is 8.06. The van der Waals surface area contributed by atoms with Crippen LogP contribution in [-0.2, 0) is 14.4 Å². The van der Waals surface area contributed by atoms with Crippen LogP contribution in [0.5, 0.6) is 0 Å². The molecule has 4 rings (SSSR count). The Morgan fingerprint density at radius 3 is 2.23 bits per heavy atom. The largest absolute Gasteiger partial charge is 0.348 e. The van der Waals surface area contributed by atoms with Crippen LogP contribution in [0, 0.1) is 6.92 Å². The van der Waals surface area contributed by atoms with E-state index >= 15 is 0 Å². The van der Waals surface area contributed by atoms with Gasteiger partial charge in [0.25, 0.3) is 5.91 Å². The molecule has 2 N–H and O–H groups in total. The molecule has 2 aromatic rings. The number of carbonyl (C=O) groups is 3. The SMILES string of the molecule is CC.CC.Cc1ncsc1-c1ccc(C(C)NC(=O)C2CCCN2C(=O)C(NC(=O)C2(F)CC2)C(C)(C)S)cc1. The molecule has 0 bridgehead atoms. The quantitative estimate of drug-likeness (QED) is 0.326. The molecule has 3 atom stereocenters. The van der Waals surface area contributed by atoms with Gasteiger partial charge in [-0.05, 0) is 64.5 Å². The van der Waals surface area contributed by atoms with E-state index in [1.165, 1.54) is 4.90 Å². The van der Waals surface area contributed by atoms with E-state index in [2.05, 4.69) is 28.2 Å². The molecule has 1 aromatic heterocycles. The highest BCUT2D eigenvalue weighted by atomic mass is 32.1. The molecule has 0 radical (unpaired) electrons. The van der Waals surface area contributed by atoms with Crippen molar-refractivity contribution in [3.8, 4) is 10.4 Å². The summed E-state index contributed by atoms with van der Waals surface area (Å²) >= 11 is 6.09. The van der Waals surface area contributed by atoms with Crippen molar-refractivity contribution in [2.75, 3.05) is 6.54 Å². The zero-order chi connectivity index (χ0) is 30.3. The predicted molar refractivity (Wildman–Crippen MR) is 164 cm³/mol. The highest BCUT2D eigenvalue weighted by molar-refractivity contribution is 7.81. The number of carbonyl (C=O) groups excluding carboxylic acids is 3. The monoisotopic (exact) mass is 592 g/mol. The Labute approximate surface area is 248 Å². The summed E-state index contributed by atoms with van der Waals surface area (Å²) < 4.78 is 13.4. The standard InChI is InChI=1S/C26H33FN4O3S2.2C2H6/c1-15(17-7-9-18(10-8-17)20-16(2)28-14-36-20)29-22(32)19-6-5-13-31(19)23(33)21(25(3,4)35)30-24(34)26(27)11-12-26;2*1-2/h7-10,14-15,19,21,35H,5-6,11-13H2,1-4H3,(H,29,32)(H,30,34);2*1-2H3. The average Bonchev–Trinajstić information content (AvgIpc) is 3.30. The zero-order valence-corrected chi connectivity index (χ0v) is 26.7. The molecule has 0 spiro atoms. The fourth-order valence-electron chi connectivity index (χ4n) is 4.50. The van der Waals surface area contributed by atoms with Gasteiger partial charge in [-0.3, -0.25) is 14.4 Å². The second-order valence-corrected chi connectivity index (χ2v) is 12.3. The summed E-state index contributed by atoms with van der Waals surface area (Å²) in [7, 11) is 0. The molecule has 7 nitrogen and oxygen atoms in total.